The zero-order valence-corrected chi connectivity index (χ0v) is 15.3. The molecule has 0 aromatic rings. The molecule has 1 N–H and O–H groups in total. The maximum Gasteiger partial charge on any atom is 0.224 e. The molecule has 1 amide bonds. The first-order valence-electron chi connectivity index (χ1n) is 8.78. The summed E-state index contributed by atoms with van der Waals surface area (Å²) in [6.07, 6.45) is 4.50. The number of nitrogens with one attached hydrogen (secondary N) is 1. The third-order valence-corrected chi connectivity index (χ3v) is 3.60. The Kier molecular flexibility index (Phi) is 9.37. The molecule has 0 aliphatic carbocycles. The van der Waals surface area contributed by atoms with Gasteiger partial charge in [-0.05, 0) is 12.3 Å². The van der Waals surface area contributed by atoms with Crippen molar-refractivity contribution in [3.05, 3.63) is 0 Å². The minimum absolute atomic E-state index is 0.00991. The van der Waals surface area contributed by atoms with Crippen LogP contribution in [-0.4, -0.2) is 48.5 Å². The Labute approximate surface area is 144 Å². The normalized spacial score (nSPS) is 16.8. The van der Waals surface area contributed by atoms with Crippen molar-refractivity contribution in [3.8, 4) is 0 Å². The third-order valence-electron chi connectivity index (χ3n) is 3.60. The lowest BCUT2D eigenvalue weighted by Crippen LogP contribution is -2.31. The summed E-state index contributed by atoms with van der Waals surface area (Å²) in [5.41, 5.74) is 0. The van der Waals surface area contributed by atoms with Gasteiger partial charge in [0.2, 0.25) is 11.9 Å². The average Bonchev–Trinajstić information content (AvgIpc) is 2.95. The van der Waals surface area contributed by atoms with Crippen LogP contribution < -0.4 is 5.32 Å². The molecule has 1 aliphatic heterocycles. The fourth-order valence-electron chi connectivity index (χ4n) is 2.16. The van der Waals surface area contributed by atoms with Gasteiger partial charge in [-0.15, -0.1) is 4.68 Å². The van der Waals surface area contributed by atoms with Crippen molar-refractivity contribution in [2.75, 3.05) is 19.9 Å². The van der Waals surface area contributed by atoms with E-state index in [2.05, 4.69) is 15.7 Å². The molecule has 7 heteroatoms. The zero-order chi connectivity index (χ0) is 17.9. The van der Waals surface area contributed by atoms with Crippen LogP contribution in [0.4, 0.5) is 0 Å². The van der Waals surface area contributed by atoms with Crippen LogP contribution in [0, 0.1) is 11.8 Å². The van der Waals surface area contributed by atoms with Crippen molar-refractivity contribution >= 4 is 17.9 Å². The molecule has 24 heavy (non-hydrogen) atoms. The van der Waals surface area contributed by atoms with Crippen LogP contribution in [-0.2, 0) is 14.3 Å². The van der Waals surface area contributed by atoms with Crippen LogP contribution in [0.3, 0.4) is 0 Å². The van der Waals surface area contributed by atoms with Crippen molar-refractivity contribution in [3.63, 3.8) is 0 Å². The number of carbonyl (C=O) groups excluding carboxylic acids is 2. The van der Waals surface area contributed by atoms with E-state index in [1.807, 2.05) is 33.9 Å². The molecule has 136 valence electrons. The van der Waals surface area contributed by atoms with E-state index in [-0.39, 0.29) is 23.7 Å². The van der Waals surface area contributed by atoms with Gasteiger partial charge in [-0.25, -0.2) is 0 Å². The summed E-state index contributed by atoms with van der Waals surface area (Å²) >= 11 is 0. The van der Waals surface area contributed by atoms with Crippen molar-refractivity contribution in [1.29, 1.82) is 0 Å². The topological polar surface area (TPSA) is 83.1 Å². The van der Waals surface area contributed by atoms with Crippen LogP contribution in [0.15, 0.2) is 10.3 Å². The summed E-state index contributed by atoms with van der Waals surface area (Å²) in [5.74, 6) is 0.753. The maximum atomic E-state index is 11.6. The van der Waals surface area contributed by atoms with E-state index in [0.29, 0.717) is 38.6 Å². The molecule has 0 aromatic carbocycles. The summed E-state index contributed by atoms with van der Waals surface area (Å²) in [6.45, 7) is 9.39. The van der Waals surface area contributed by atoms with E-state index in [9.17, 15) is 9.59 Å². The molecule has 0 bridgehead atoms. The lowest BCUT2D eigenvalue weighted by molar-refractivity contribution is -0.535. The van der Waals surface area contributed by atoms with Crippen molar-refractivity contribution in [2.45, 2.75) is 59.4 Å². The predicted octanol–water partition coefficient (Wildman–Crippen LogP) is 2.35. The highest BCUT2D eigenvalue weighted by atomic mass is 16.5. The highest BCUT2D eigenvalue weighted by molar-refractivity contribution is 5.80. The fourth-order valence-corrected chi connectivity index (χ4v) is 2.16. The van der Waals surface area contributed by atoms with Crippen molar-refractivity contribution < 1.29 is 19.0 Å². The fraction of sp³-hybridized carbons (Fsp3) is 0.824. The largest absolute Gasteiger partial charge is 0.381 e. The van der Waals surface area contributed by atoms with E-state index in [1.165, 1.54) is 0 Å². The first-order valence-corrected chi connectivity index (χ1v) is 8.78. The molecular formula is C17H31N4O3+. The molecule has 1 rings (SSSR count). The third kappa shape index (κ3) is 8.86. The van der Waals surface area contributed by atoms with E-state index >= 15 is 0 Å². The molecule has 0 saturated heterocycles. The Morgan fingerprint density at radius 3 is 2.67 bits per heavy atom. The Morgan fingerprint density at radius 1 is 1.25 bits per heavy atom. The molecule has 1 atom stereocenters. The van der Waals surface area contributed by atoms with Gasteiger partial charge in [0.15, 0.2) is 6.67 Å². The van der Waals surface area contributed by atoms with Crippen molar-refractivity contribution in [1.82, 2.24) is 5.32 Å². The number of hydrogen-bond donors (Lipinski definition) is 1. The van der Waals surface area contributed by atoms with Gasteiger partial charge in [-0.3, -0.25) is 9.59 Å². The van der Waals surface area contributed by atoms with Crippen LogP contribution in [0.1, 0.15) is 53.4 Å². The number of ketones is 1. The quantitative estimate of drug-likeness (QED) is 0.437. The first kappa shape index (κ1) is 20.4. The second-order valence-corrected chi connectivity index (χ2v) is 6.84. The van der Waals surface area contributed by atoms with Crippen LogP contribution in [0.2, 0.25) is 0 Å². The van der Waals surface area contributed by atoms with Gasteiger partial charge in [-0.1, -0.05) is 27.7 Å². The summed E-state index contributed by atoms with van der Waals surface area (Å²) in [5, 5.41) is 11.0. The number of hydrogen-bond acceptors (Lipinski definition) is 5. The van der Waals surface area contributed by atoms with Gasteiger partial charge in [0.1, 0.15) is 17.2 Å². The Morgan fingerprint density at radius 2 is 2.00 bits per heavy atom. The lowest BCUT2D eigenvalue weighted by atomic mass is 10.1. The number of nitrogens with zero attached hydrogens (tertiary/aromatic N) is 3. The lowest BCUT2D eigenvalue weighted by Gasteiger charge is -2.05. The average molecular weight is 339 g/mol. The molecule has 0 fully saturated rings. The Balaban J connectivity index is 2.09. The van der Waals surface area contributed by atoms with E-state index in [1.54, 1.807) is 4.68 Å². The van der Waals surface area contributed by atoms with Gasteiger partial charge in [-0.2, -0.15) is 0 Å². The molecule has 7 nitrogen and oxygen atoms in total. The number of ether oxygens (including phenoxy) is 1. The smallest absolute Gasteiger partial charge is 0.224 e. The monoisotopic (exact) mass is 339 g/mol. The molecule has 1 aliphatic rings. The predicted molar refractivity (Wildman–Crippen MR) is 91.9 cm³/mol. The SMILES string of the molecule is CC(C)CC(=O)NC[N+]1=CC(CCOCCCC(=O)C(C)C)N=N1. The summed E-state index contributed by atoms with van der Waals surface area (Å²) < 4.78 is 7.18. The highest BCUT2D eigenvalue weighted by Gasteiger charge is 2.21. The van der Waals surface area contributed by atoms with E-state index in [4.69, 9.17) is 4.74 Å². The van der Waals surface area contributed by atoms with Crippen LogP contribution in [0.25, 0.3) is 0 Å². The highest BCUT2D eigenvalue weighted by Crippen LogP contribution is 2.05. The van der Waals surface area contributed by atoms with Gasteiger partial charge in [0, 0.05) is 36.9 Å². The van der Waals surface area contributed by atoms with E-state index < -0.39 is 0 Å². The number of Topliss-reactive ketones (excluding diaryl/α,β-unsaturated/α-hetero) is 1. The second kappa shape index (κ2) is 11.0. The molecule has 1 heterocycles. The van der Waals surface area contributed by atoms with Gasteiger partial charge >= 0.3 is 0 Å². The Hall–Kier alpha value is -1.63. The zero-order valence-electron chi connectivity index (χ0n) is 15.3. The molecule has 0 radical (unpaired) electrons. The summed E-state index contributed by atoms with van der Waals surface area (Å²) in [6, 6.07) is -0.00991. The van der Waals surface area contributed by atoms with Crippen LogP contribution >= 0.6 is 0 Å². The van der Waals surface area contributed by atoms with Crippen molar-refractivity contribution in [2.24, 2.45) is 22.2 Å². The molecule has 0 spiro atoms. The Bertz CT molecular complexity index is 472. The number of amides is 1. The number of carbonyl (C=O) groups is 2. The summed E-state index contributed by atoms with van der Waals surface area (Å²) in [7, 11) is 0. The van der Waals surface area contributed by atoms with Gasteiger partial charge in [0.05, 0.1) is 6.61 Å². The van der Waals surface area contributed by atoms with Crippen LogP contribution in [0.5, 0.6) is 0 Å². The first-order chi connectivity index (χ1) is 11.4. The van der Waals surface area contributed by atoms with E-state index in [0.717, 1.165) is 12.8 Å². The second-order valence-electron chi connectivity index (χ2n) is 6.84. The maximum absolute atomic E-state index is 11.6. The summed E-state index contributed by atoms with van der Waals surface area (Å²) in [4.78, 5) is 23.1. The molecule has 1 unspecified atom stereocenters. The van der Waals surface area contributed by atoms with Gasteiger partial charge < -0.3 is 10.1 Å². The minimum Gasteiger partial charge on any atom is -0.381 e. The molecule has 0 saturated carbocycles. The minimum atomic E-state index is -0.00991. The molecule has 0 aromatic heterocycles. The molecular weight excluding hydrogens is 308 g/mol. The number of rotatable bonds is 12. The van der Waals surface area contributed by atoms with Gasteiger partial charge in [0.25, 0.3) is 0 Å². The standard InChI is InChI=1S/C17H30N4O3/c1-13(2)10-17(23)18-12-21-11-15(19-20-21)7-9-24-8-5-6-16(22)14(3)4/h11,13-15H,5-10,12H2,1-4H3/p+1.